The maximum atomic E-state index is 10.4. The van der Waals surface area contributed by atoms with Crippen LogP contribution in [-0.4, -0.2) is 42.1 Å². The predicted octanol–water partition coefficient (Wildman–Crippen LogP) is 2.68. The van der Waals surface area contributed by atoms with E-state index in [2.05, 4.69) is 52.0 Å². The molecule has 0 bridgehead atoms. The van der Waals surface area contributed by atoms with Gasteiger partial charge >= 0.3 is 14.6 Å². The summed E-state index contributed by atoms with van der Waals surface area (Å²) < 4.78 is 18.9. The van der Waals surface area contributed by atoms with Gasteiger partial charge in [-0.1, -0.05) is 41.9 Å². The number of aliphatic hydroxyl groups is 1. The molecule has 0 aliphatic carbocycles. The fourth-order valence-electron chi connectivity index (χ4n) is 3.14. The number of benzene rings is 2. The summed E-state index contributed by atoms with van der Waals surface area (Å²) in [5.41, 5.74) is -0.490. The van der Waals surface area contributed by atoms with E-state index in [0.29, 0.717) is 7.48 Å². The summed E-state index contributed by atoms with van der Waals surface area (Å²) >= 11 is 0. The molecule has 4 nitrogen and oxygen atoms in total. The molecule has 1 N–H and O–H groups in total. The van der Waals surface area contributed by atoms with E-state index in [9.17, 15) is 5.11 Å². The molecule has 3 rings (SSSR count). The lowest BCUT2D eigenvalue weighted by Crippen LogP contribution is -2.52. The lowest BCUT2D eigenvalue weighted by Gasteiger charge is -2.37. The number of fused-ring (bicyclic) bond motifs is 1. The second kappa shape index (κ2) is 6.87. The predicted molar refractivity (Wildman–Crippen MR) is 118 cm³/mol. The van der Waals surface area contributed by atoms with Gasteiger partial charge in [-0.25, -0.2) is 0 Å². The van der Waals surface area contributed by atoms with Gasteiger partial charge in [-0.15, -0.1) is 0 Å². The molecule has 1 aliphatic rings. The Hall–Kier alpha value is -1.33. The highest BCUT2D eigenvalue weighted by atomic mass is 16.7. The van der Waals surface area contributed by atoms with Crippen molar-refractivity contribution in [1.29, 1.82) is 0 Å². The Bertz CT molecular complexity index is 852. The number of rotatable bonds is 5. The summed E-state index contributed by atoms with van der Waals surface area (Å²) in [5, 5.41) is 12.7. The Morgan fingerprint density at radius 1 is 0.929 bits per heavy atom. The van der Waals surface area contributed by atoms with Gasteiger partial charge in [0.25, 0.3) is 0 Å². The normalized spacial score (nSPS) is 19.2. The van der Waals surface area contributed by atoms with Crippen LogP contribution in [0.4, 0.5) is 0 Å². The maximum Gasteiger partial charge on any atom is 0.495 e. The first-order valence-electron chi connectivity index (χ1n) is 9.98. The molecule has 1 heterocycles. The Morgan fingerprint density at radius 2 is 1.50 bits per heavy atom. The first kappa shape index (κ1) is 21.4. The zero-order chi connectivity index (χ0) is 21.0. The van der Waals surface area contributed by atoms with Gasteiger partial charge in [0, 0.05) is 0 Å². The fourth-order valence-corrected chi connectivity index (χ4v) is 3.14. The molecule has 0 spiro atoms. The monoisotopic (exact) mass is 382 g/mol. The van der Waals surface area contributed by atoms with Crippen LogP contribution >= 0.6 is 0 Å². The number of hydrogen-bond donors (Lipinski definition) is 1. The van der Waals surface area contributed by atoms with E-state index in [1.807, 2.05) is 26.0 Å². The quantitative estimate of drug-likeness (QED) is 0.809. The van der Waals surface area contributed by atoms with E-state index >= 15 is 0 Å². The zero-order valence-corrected chi connectivity index (χ0v) is 18.4. The zero-order valence-electron chi connectivity index (χ0n) is 18.4. The highest BCUT2D eigenvalue weighted by Crippen LogP contribution is 2.37. The molecule has 28 heavy (non-hydrogen) atoms. The molecule has 0 amide bonds. The molecule has 1 saturated heterocycles. The van der Waals surface area contributed by atoms with E-state index < -0.39 is 29.5 Å². The first-order chi connectivity index (χ1) is 12.8. The smallest absolute Gasteiger partial charge is 0.427 e. The second-order valence-corrected chi connectivity index (χ2v) is 9.81. The van der Waals surface area contributed by atoms with Gasteiger partial charge in [0.2, 0.25) is 0 Å². The summed E-state index contributed by atoms with van der Waals surface area (Å²) in [6.45, 7) is 15.6. The van der Waals surface area contributed by atoms with Crippen molar-refractivity contribution in [2.75, 3.05) is 0 Å². The van der Waals surface area contributed by atoms with Crippen molar-refractivity contribution < 1.29 is 19.1 Å². The minimum absolute atomic E-state index is 0.362. The molecule has 150 valence electrons. The van der Waals surface area contributed by atoms with Crippen molar-refractivity contribution >= 4 is 36.3 Å². The average Bonchev–Trinajstić information content (AvgIpc) is 2.78. The lowest BCUT2D eigenvalue weighted by molar-refractivity contribution is -0.0893. The average molecular weight is 382 g/mol. The molecule has 6 heteroatoms. The molecule has 0 atom stereocenters. The number of hydrogen-bond acceptors (Lipinski definition) is 4. The Kier molecular flexibility index (Phi) is 5.25. The van der Waals surface area contributed by atoms with Crippen LogP contribution in [0.1, 0.15) is 55.4 Å². The molecule has 1 fully saturated rings. The highest BCUT2D eigenvalue weighted by molar-refractivity contribution is 6.72. The van der Waals surface area contributed by atoms with Crippen molar-refractivity contribution in [3.8, 4) is 0 Å². The molecular formula is C22H32B2O4. The first-order valence-corrected chi connectivity index (χ1v) is 9.98. The SMILES string of the molecule is CC(C)(O)C(C)(C)OBc1ccc2ccccc2c1B1OC(C)(C)C(C)(C)O1. The van der Waals surface area contributed by atoms with Crippen LogP contribution in [-0.2, 0) is 14.0 Å². The summed E-state index contributed by atoms with van der Waals surface area (Å²) in [4.78, 5) is 0. The highest BCUT2D eigenvalue weighted by Gasteiger charge is 2.52. The van der Waals surface area contributed by atoms with Crippen molar-refractivity contribution in [1.82, 2.24) is 0 Å². The Labute approximate surface area is 170 Å². The third-order valence-corrected chi connectivity index (χ3v) is 6.61. The minimum atomic E-state index is -0.964. The largest absolute Gasteiger partial charge is 0.495 e. The summed E-state index contributed by atoms with van der Waals surface area (Å²) in [6.07, 6.45) is 0. The van der Waals surface area contributed by atoms with Gasteiger partial charge in [0.05, 0.1) is 22.4 Å². The van der Waals surface area contributed by atoms with Crippen LogP contribution in [0.25, 0.3) is 10.8 Å². The Balaban J connectivity index is 2.04. The van der Waals surface area contributed by atoms with Gasteiger partial charge in [-0.05, 0) is 71.6 Å². The molecule has 0 radical (unpaired) electrons. The molecule has 2 aromatic rings. The molecular weight excluding hydrogens is 350 g/mol. The third kappa shape index (κ3) is 3.76. The van der Waals surface area contributed by atoms with Gasteiger partial charge < -0.3 is 19.1 Å². The summed E-state index contributed by atoms with van der Waals surface area (Å²) in [7, 11) is -0.110. The lowest BCUT2D eigenvalue weighted by atomic mass is 9.66. The van der Waals surface area contributed by atoms with E-state index in [0.717, 1.165) is 21.7 Å². The van der Waals surface area contributed by atoms with Crippen molar-refractivity contribution in [2.45, 2.75) is 77.8 Å². The van der Waals surface area contributed by atoms with Crippen LogP contribution in [0, 0.1) is 0 Å². The molecule has 0 aromatic heterocycles. The van der Waals surface area contributed by atoms with Crippen LogP contribution in [0.3, 0.4) is 0 Å². The molecule has 0 saturated carbocycles. The van der Waals surface area contributed by atoms with E-state index in [1.54, 1.807) is 13.8 Å². The maximum absolute atomic E-state index is 10.4. The van der Waals surface area contributed by atoms with Gasteiger partial charge in [0.15, 0.2) is 0 Å². The third-order valence-electron chi connectivity index (χ3n) is 6.61. The van der Waals surface area contributed by atoms with Gasteiger partial charge in [0.1, 0.15) is 0 Å². The fraction of sp³-hybridized carbons (Fsp3) is 0.545. The van der Waals surface area contributed by atoms with E-state index in [1.165, 1.54) is 0 Å². The molecule has 0 unspecified atom stereocenters. The van der Waals surface area contributed by atoms with Crippen molar-refractivity contribution in [2.24, 2.45) is 0 Å². The van der Waals surface area contributed by atoms with Crippen molar-refractivity contribution in [3.63, 3.8) is 0 Å². The van der Waals surface area contributed by atoms with Crippen LogP contribution in [0.5, 0.6) is 0 Å². The summed E-state index contributed by atoms with van der Waals surface area (Å²) in [6, 6.07) is 12.4. The van der Waals surface area contributed by atoms with Gasteiger partial charge in [-0.3, -0.25) is 0 Å². The molecule has 2 aromatic carbocycles. The Morgan fingerprint density at radius 3 is 2.07 bits per heavy atom. The van der Waals surface area contributed by atoms with Crippen LogP contribution in [0.15, 0.2) is 36.4 Å². The standard InChI is InChI=1S/C22H32B2O4/c1-19(2,25)20(3,4)26-23-17-14-13-15-11-9-10-12-16(15)18(17)24-27-21(5,6)22(7,8)28-24/h9-14,23,25H,1-8H3. The minimum Gasteiger partial charge on any atom is -0.427 e. The topological polar surface area (TPSA) is 47.9 Å². The second-order valence-electron chi connectivity index (χ2n) is 9.81. The van der Waals surface area contributed by atoms with E-state index in [4.69, 9.17) is 14.0 Å². The summed E-state index contributed by atoms with van der Waals surface area (Å²) in [5.74, 6) is 0. The van der Waals surface area contributed by atoms with E-state index in [-0.39, 0.29) is 0 Å². The molecule has 1 aliphatic heterocycles. The van der Waals surface area contributed by atoms with Crippen LogP contribution < -0.4 is 10.9 Å². The van der Waals surface area contributed by atoms with Crippen LogP contribution in [0.2, 0.25) is 0 Å². The van der Waals surface area contributed by atoms with Gasteiger partial charge in [-0.2, -0.15) is 0 Å². The van der Waals surface area contributed by atoms with Crippen molar-refractivity contribution in [3.05, 3.63) is 36.4 Å².